The van der Waals surface area contributed by atoms with Crippen LogP contribution in [0.3, 0.4) is 0 Å². The zero-order chi connectivity index (χ0) is 20.5. The minimum atomic E-state index is -0.929. The van der Waals surface area contributed by atoms with Crippen LogP contribution in [0.15, 0.2) is 54.6 Å². The molecule has 0 spiro atoms. The topological polar surface area (TPSA) is 46.5 Å². The maximum Gasteiger partial charge on any atom is 0.311 e. The molecule has 3 nitrogen and oxygen atoms in total. The maximum absolute atomic E-state index is 12.1. The number of carbonyl (C=O) groups is 1. The first-order valence-electron chi connectivity index (χ1n) is 9.32. The largest absolute Gasteiger partial charge is 0.462 e. The van der Waals surface area contributed by atoms with Crippen molar-refractivity contribution >= 4 is 28.3 Å². The quantitative estimate of drug-likeness (QED) is 0.542. The van der Waals surface area contributed by atoms with E-state index in [1.165, 1.54) is 0 Å². The van der Waals surface area contributed by atoms with E-state index < -0.39 is 11.5 Å². The number of fused-ring (bicyclic) bond motifs is 1. The number of halogens is 1. The van der Waals surface area contributed by atoms with Crippen LogP contribution in [0.1, 0.15) is 38.0 Å². The fourth-order valence-electron chi connectivity index (χ4n) is 3.32. The highest BCUT2D eigenvalue weighted by Gasteiger charge is 2.26. The second-order valence-corrected chi connectivity index (χ2v) is 8.51. The van der Waals surface area contributed by atoms with Crippen molar-refractivity contribution in [1.29, 1.82) is 0 Å². The van der Waals surface area contributed by atoms with Crippen LogP contribution in [0.2, 0.25) is 5.02 Å². The van der Waals surface area contributed by atoms with Crippen LogP contribution in [0.25, 0.3) is 21.9 Å². The first-order valence-corrected chi connectivity index (χ1v) is 9.70. The molecule has 146 valence electrons. The van der Waals surface area contributed by atoms with Gasteiger partial charge in [-0.3, -0.25) is 4.79 Å². The minimum Gasteiger partial charge on any atom is -0.462 e. The summed E-state index contributed by atoms with van der Waals surface area (Å²) in [6, 6.07) is 17.7. The van der Waals surface area contributed by atoms with Crippen molar-refractivity contribution in [2.45, 2.75) is 33.8 Å². The van der Waals surface area contributed by atoms with Crippen LogP contribution >= 0.6 is 11.6 Å². The molecule has 0 amide bonds. The molecule has 0 aliphatic heterocycles. The van der Waals surface area contributed by atoms with E-state index in [1.807, 2.05) is 49.4 Å². The van der Waals surface area contributed by atoms with Gasteiger partial charge in [0.1, 0.15) is 12.7 Å². The van der Waals surface area contributed by atoms with E-state index in [9.17, 15) is 9.90 Å². The summed E-state index contributed by atoms with van der Waals surface area (Å²) in [5, 5.41) is 13.7. The molecule has 4 heteroatoms. The lowest BCUT2D eigenvalue weighted by molar-refractivity contribution is -0.156. The number of rotatable bonds is 4. The van der Waals surface area contributed by atoms with Crippen molar-refractivity contribution in [2.75, 3.05) is 6.61 Å². The number of esters is 1. The van der Waals surface area contributed by atoms with E-state index in [-0.39, 0.29) is 12.6 Å². The van der Waals surface area contributed by atoms with E-state index in [1.54, 1.807) is 20.8 Å². The summed E-state index contributed by atoms with van der Waals surface area (Å²) in [7, 11) is 0. The number of aliphatic hydroxyl groups excluding tert-OH is 1. The number of hydrogen-bond donors (Lipinski definition) is 1. The molecule has 0 fully saturated rings. The highest BCUT2D eigenvalue weighted by molar-refractivity contribution is 6.30. The first kappa shape index (κ1) is 20.4. The van der Waals surface area contributed by atoms with Gasteiger partial charge in [-0.05, 0) is 72.9 Å². The maximum atomic E-state index is 12.1. The summed E-state index contributed by atoms with van der Waals surface area (Å²) >= 11 is 6.07. The van der Waals surface area contributed by atoms with Gasteiger partial charge in [-0.25, -0.2) is 0 Å². The highest BCUT2D eigenvalue weighted by Crippen LogP contribution is 2.38. The molecule has 0 saturated carbocycles. The van der Waals surface area contributed by atoms with E-state index in [4.69, 9.17) is 16.3 Å². The van der Waals surface area contributed by atoms with Gasteiger partial charge in [0.25, 0.3) is 0 Å². The molecule has 0 saturated heterocycles. The molecule has 3 rings (SSSR count). The standard InChI is InChI=1S/C24H25ClO3/c1-15-13-17-7-5-6-8-19(17)22(16-9-11-18(25)12-10-16)21(15)20(26)14-28-23(27)24(2,3)4/h5-13,20,26H,14H2,1-4H3. The Morgan fingerprint density at radius 2 is 1.75 bits per heavy atom. The number of benzene rings is 3. The van der Waals surface area contributed by atoms with Gasteiger partial charge >= 0.3 is 5.97 Å². The average molecular weight is 397 g/mol. The summed E-state index contributed by atoms with van der Waals surface area (Å²) in [6.45, 7) is 7.26. The monoisotopic (exact) mass is 396 g/mol. The third-order valence-corrected chi connectivity index (χ3v) is 5.00. The van der Waals surface area contributed by atoms with Gasteiger partial charge < -0.3 is 9.84 Å². The minimum absolute atomic E-state index is 0.0874. The van der Waals surface area contributed by atoms with Crippen molar-refractivity contribution in [3.63, 3.8) is 0 Å². The second kappa shape index (κ2) is 7.94. The van der Waals surface area contributed by atoms with Crippen LogP contribution < -0.4 is 0 Å². The number of hydrogen-bond acceptors (Lipinski definition) is 3. The summed E-state index contributed by atoms with van der Waals surface area (Å²) in [6.07, 6.45) is -0.929. The molecule has 1 unspecified atom stereocenters. The number of ether oxygens (including phenoxy) is 1. The van der Waals surface area contributed by atoms with Crippen molar-refractivity contribution in [3.8, 4) is 11.1 Å². The predicted molar refractivity (Wildman–Crippen MR) is 115 cm³/mol. The van der Waals surface area contributed by atoms with Crippen molar-refractivity contribution < 1.29 is 14.6 Å². The Balaban J connectivity index is 2.10. The Kier molecular flexibility index (Phi) is 5.78. The molecule has 0 heterocycles. The third-order valence-electron chi connectivity index (χ3n) is 4.75. The highest BCUT2D eigenvalue weighted by atomic mass is 35.5. The lowest BCUT2D eigenvalue weighted by Gasteiger charge is -2.23. The van der Waals surface area contributed by atoms with Gasteiger partial charge in [-0.2, -0.15) is 0 Å². The smallest absolute Gasteiger partial charge is 0.311 e. The molecule has 0 aromatic heterocycles. The van der Waals surface area contributed by atoms with Crippen LogP contribution in [0, 0.1) is 12.3 Å². The van der Waals surface area contributed by atoms with Gasteiger partial charge in [0.2, 0.25) is 0 Å². The number of aryl methyl sites for hydroxylation is 1. The molecule has 0 bridgehead atoms. The molecule has 0 aliphatic carbocycles. The Bertz CT molecular complexity index is 1000. The lowest BCUT2D eigenvalue weighted by atomic mass is 9.87. The second-order valence-electron chi connectivity index (χ2n) is 8.07. The molecule has 0 aliphatic rings. The first-order chi connectivity index (χ1) is 13.2. The Labute approximate surface area is 170 Å². The molecule has 3 aromatic carbocycles. The fraction of sp³-hybridized carbons (Fsp3) is 0.292. The van der Waals surface area contributed by atoms with Gasteiger partial charge in [0.15, 0.2) is 0 Å². The van der Waals surface area contributed by atoms with Gasteiger partial charge in [-0.15, -0.1) is 0 Å². The van der Waals surface area contributed by atoms with E-state index in [0.717, 1.165) is 33.0 Å². The summed E-state index contributed by atoms with van der Waals surface area (Å²) in [5.74, 6) is -0.335. The van der Waals surface area contributed by atoms with Crippen LogP contribution in [-0.4, -0.2) is 17.7 Å². The van der Waals surface area contributed by atoms with Crippen molar-refractivity contribution in [2.24, 2.45) is 5.41 Å². The van der Waals surface area contributed by atoms with E-state index in [2.05, 4.69) is 12.1 Å². The van der Waals surface area contributed by atoms with Gasteiger partial charge in [-0.1, -0.05) is 54.1 Å². The molecular weight excluding hydrogens is 372 g/mol. The molecule has 1 atom stereocenters. The van der Waals surface area contributed by atoms with E-state index >= 15 is 0 Å². The molecule has 28 heavy (non-hydrogen) atoms. The summed E-state index contributed by atoms with van der Waals surface area (Å²) in [5.41, 5.74) is 3.00. The third kappa shape index (κ3) is 4.21. The van der Waals surface area contributed by atoms with Crippen LogP contribution in [-0.2, 0) is 9.53 Å². The zero-order valence-corrected chi connectivity index (χ0v) is 17.4. The van der Waals surface area contributed by atoms with Gasteiger partial charge in [0, 0.05) is 5.02 Å². The van der Waals surface area contributed by atoms with Crippen LogP contribution in [0.4, 0.5) is 0 Å². The number of aliphatic hydroxyl groups is 1. The summed E-state index contributed by atoms with van der Waals surface area (Å²) in [4.78, 5) is 12.1. The predicted octanol–water partition coefficient (Wildman–Crippen LogP) is 6.09. The molecular formula is C24H25ClO3. The van der Waals surface area contributed by atoms with Crippen molar-refractivity contribution in [3.05, 3.63) is 70.7 Å². The van der Waals surface area contributed by atoms with E-state index in [0.29, 0.717) is 5.02 Å². The SMILES string of the molecule is Cc1cc2ccccc2c(-c2ccc(Cl)cc2)c1C(O)COC(=O)C(C)(C)C. The van der Waals surface area contributed by atoms with Gasteiger partial charge in [0.05, 0.1) is 5.41 Å². The fourth-order valence-corrected chi connectivity index (χ4v) is 3.44. The lowest BCUT2D eigenvalue weighted by Crippen LogP contribution is -2.25. The molecule has 1 N–H and O–H groups in total. The van der Waals surface area contributed by atoms with Crippen LogP contribution in [0.5, 0.6) is 0 Å². The summed E-state index contributed by atoms with van der Waals surface area (Å²) < 4.78 is 5.39. The van der Waals surface area contributed by atoms with Crippen molar-refractivity contribution in [1.82, 2.24) is 0 Å². The Morgan fingerprint density at radius 3 is 2.39 bits per heavy atom. The average Bonchev–Trinajstić information content (AvgIpc) is 2.64. The Hall–Kier alpha value is -2.36. The number of carbonyl (C=O) groups excluding carboxylic acids is 1. The molecule has 0 radical (unpaired) electrons. The Morgan fingerprint density at radius 1 is 1.11 bits per heavy atom. The normalized spacial score (nSPS) is 12.8. The molecule has 3 aromatic rings. The zero-order valence-electron chi connectivity index (χ0n) is 16.6.